The number of fused-ring (bicyclic) bond motifs is 1. The third-order valence-corrected chi connectivity index (χ3v) is 9.63. The molecule has 0 unspecified atom stereocenters. The van der Waals surface area contributed by atoms with Gasteiger partial charge in [-0.2, -0.15) is 4.31 Å². The van der Waals surface area contributed by atoms with Gasteiger partial charge in [0.25, 0.3) is 0 Å². The summed E-state index contributed by atoms with van der Waals surface area (Å²) in [4.78, 5) is 19.9. The number of halogens is 1. The van der Waals surface area contributed by atoms with Crippen molar-refractivity contribution in [3.8, 4) is 0 Å². The summed E-state index contributed by atoms with van der Waals surface area (Å²) < 4.78 is 42.3. The summed E-state index contributed by atoms with van der Waals surface area (Å²) in [5.41, 5.74) is 0.652. The molecule has 0 radical (unpaired) electrons. The molecule has 36 heavy (non-hydrogen) atoms. The summed E-state index contributed by atoms with van der Waals surface area (Å²) in [6.45, 7) is 5.01. The molecule has 1 amide bonds. The van der Waals surface area contributed by atoms with E-state index in [2.05, 4.69) is 24.1 Å². The zero-order valence-electron chi connectivity index (χ0n) is 20.5. The highest BCUT2D eigenvalue weighted by Crippen LogP contribution is 2.38. The summed E-state index contributed by atoms with van der Waals surface area (Å²) in [7, 11) is -3.77. The van der Waals surface area contributed by atoms with E-state index in [9.17, 15) is 17.6 Å². The molecule has 2 aliphatic heterocycles. The van der Waals surface area contributed by atoms with Crippen LogP contribution in [-0.2, 0) is 21.4 Å². The van der Waals surface area contributed by atoms with Crippen molar-refractivity contribution in [3.05, 3.63) is 72.2 Å². The molecular weight excluding hydrogens is 479 g/mol. The number of amides is 1. The highest BCUT2D eigenvalue weighted by atomic mass is 32.2. The van der Waals surface area contributed by atoms with Gasteiger partial charge in [0.15, 0.2) is 0 Å². The molecule has 5 rings (SSSR count). The highest BCUT2D eigenvalue weighted by molar-refractivity contribution is 7.89. The van der Waals surface area contributed by atoms with Gasteiger partial charge in [0.2, 0.25) is 15.9 Å². The van der Waals surface area contributed by atoms with E-state index in [1.807, 2.05) is 17.0 Å². The summed E-state index contributed by atoms with van der Waals surface area (Å²) in [5.74, 6) is -0.169. The van der Waals surface area contributed by atoms with Crippen molar-refractivity contribution in [2.45, 2.75) is 56.3 Å². The Morgan fingerprint density at radius 1 is 1.11 bits per heavy atom. The van der Waals surface area contributed by atoms with Gasteiger partial charge in [0.05, 0.1) is 17.2 Å². The molecule has 0 bridgehead atoms. The standard InChI is InChI=1S/C27H31FN4O3S/c1-3-19(2)24-26(33)32(18-20-9-11-22(28)12-10-20)27(30-24)13-16-31(17-14-27)36(34,35)23-8-4-6-21-7-5-15-29-25(21)23/h4-12,15,19,24,30H,3,13-14,16-18H2,1-2H3/t19-,24-/m1/s1. The van der Waals surface area contributed by atoms with Crippen molar-refractivity contribution in [1.82, 2.24) is 19.5 Å². The second-order valence-corrected chi connectivity index (χ2v) is 11.7. The Morgan fingerprint density at radius 2 is 1.81 bits per heavy atom. The molecule has 1 spiro atoms. The fourth-order valence-electron chi connectivity index (χ4n) is 5.37. The Labute approximate surface area is 211 Å². The first kappa shape index (κ1) is 24.8. The number of hydrogen-bond donors (Lipinski definition) is 1. The second-order valence-electron chi connectivity index (χ2n) is 9.83. The van der Waals surface area contributed by atoms with Crippen molar-refractivity contribution >= 4 is 26.8 Å². The number of carbonyl (C=O) groups excluding carboxylic acids is 1. The monoisotopic (exact) mass is 510 g/mol. The Bertz CT molecular complexity index is 1370. The van der Waals surface area contributed by atoms with Crippen LogP contribution in [0.5, 0.6) is 0 Å². The molecule has 2 saturated heterocycles. The van der Waals surface area contributed by atoms with Gasteiger partial charge in [0.1, 0.15) is 10.7 Å². The van der Waals surface area contributed by atoms with Crippen LogP contribution in [0.3, 0.4) is 0 Å². The van der Waals surface area contributed by atoms with Crippen LogP contribution < -0.4 is 5.32 Å². The number of hydrogen-bond acceptors (Lipinski definition) is 5. The Kier molecular flexibility index (Phi) is 6.57. The Balaban J connectivity index is 1.42. The van der Waals surface area contributed by atoms with E-state index < -0.39 is 15.7 Å². The summed E-state index contributed by atoms with van der Waals surface area (Å²) >= 11 is 0. The molecule has 3 aromatic rings. The normalized spacial score (nSPS) is 21.4. The Hall–Kier alpha value is -2.88. The van der Waals surface area contributed by atoms with Crippen molar-refractivity contribution in [1.29, 1.82) is 0 Å². The van der Waals surface area contributed by atoms with E-state index >= 15 is 0 Å². The fourth-order valence-corrected chi connectivity index (χ4v) is 6.97. The lowest BCUT2D eigenvalue weighted by Crippen LogP contribution is -2.59. The predicted octanol–water partition coefficient (Wildman–Crippen LogP) is 3.90. The van der Waals surface area contributed by atoms with Crippen LogP contribution in [-0.4, -0.2) is 53.3 Å². The predicted molar refractivity (Wildman–Crippen MR) is 136 cm³/mol. The number of pyridine rings is 1. The molecule has 1 aromatic heterocycles. The topological polar surface area (TPSA) is 82.6 Å². The van der Waals surface area contributed by atoms with Crippen LogP contribution in [0.15, 0.2) is 65.7 Å². The molecule has 2 aliphatic rings. The zero-order valence-corrected chi connectivity index (χ0v) is 21.3. The van der Waals surface area contributed by atoms with E-state index in [4.69, 9.17) is 0 Å². The molecule has 0 saturated carbocycles. The van der Waals surface area contributed by atoms with Gasteiger partial charge in [-0.25, -0.2) is 12.8 Å². The van der Waals surface area contributed by atoms with Gasteiger partial charge < -0.3 is 4.90 Å². The molecule has 9 heteroatoms. The minimum Gasteiger partial charge on any atom is -0.319 e. The molecule has 190 valence electrons. The van der Waals surface area contributed by atoms with Gasteiger partial charge in [-0.3, -0.25) is 15.1 Å². The second kappa shape index (κ2) is 9.53. The van der Waals surface area contributed by atoms with E-state index in [0.717, 1.165) is 17.4 Å². The first-order valence-corrected chi connectivity index (χ1v) is 13.9. The molecule has 0 aliphatic carbocycles. The fraction of sp³-hybridized carbons (Fsp3) is 0.407. The third kappa shape index (κ3) is 4.29. The number of carbonyl (C=O) groups is 1. The number of para-hydroxylation sites is 1. The minimum atomic E-state index is -3.77. The molecule has 2 aromatic carbocycles. The highest BCUT2D eigenvalue weighted by Gasteiger charge is 2.53. The van der Waals surface area contributed by atoms with Gasteiger partial charge in [-0.05, 0) is 48.6 Å². The van der Waals surface area contributed by atoms with Crippen LogP contribution >= 0.6 is 0 Å². The number of piperidine rings is 1. The molecule has 7 nitrogen and oxygen atoms in total. The number of aromatic nitrogens is 1. The van der Waals surface area contributed by atoms with Gasteiger partial charge in [-0.1, -0.05) is 50.6 Å². The van der Waals surface area contributed by atoms with Crippen molar-refractivity contribution in [2.24, 2.45) is 5.92 Å². The number of rotatable bonds is 6. The molecule has 2 fully saturated rings. The summed E-state index contributed by atoms with van der Waals surface area (Å²) in [6.07, 6.45) is 3.37. The lowest BCUT2D eigenvalue weighted by molar-refractivity contribution is -0.134. The maximum Gasteiger partial charge on any atom is 0.245 e. The van der Waals surface area contributed by atoms with E-state index in [1.165, 1.54) is 16.4 Å². The maximum absolute atomic E-state index is 13.6. The first-order chi connectivity index (χ1) is 17.2. The van der Waals surface area contributed by atoms with Crippen LogP contribution in [0.2, 0.25) is 0 Å². The summed E-state index contributed by atoms with van der Waals surface area (Å²) in [6, 6.07) is 14.7. The quantitative estimate of drug-likeness (QED) is 0.544. The van der Waals surface area contributed by atoms with Crippen molar-refractivity contribution in [2.75, 3.05) is 13.1 Å². The average molecular weight is 511 g/mol. The smallest absolute Gasteiger partial charge is 0.245 e. The number of benzene rings is 2. The summed E-state index contributed by atoms with van der Waals surface area (Å²) in [5, 5.41) is 4.37. The Morgan fingerprint density at radius 3 is 2.50 bits per heavy atom. The van der Waals surface area contributed by atoms with Gasteiger partial charge in [-0.15, -0.1) is 0 Å². The number of nitrogens with zero attached hydrogens (tertiary/aromatic N) is 3. The van der Waals surface area contributed by atoms with E-state index in [0.29, 0.717) is 24.9 Å². The number of sulfonamides is 1. The zero-order chi connectivity index (χ0) is 25.5. The van der Waals surface area contributed by atoms with Crippen molar-refractivity contribution in [3.63, 3.8) is 0 Å². The largest absolute Gasteiger partial charge is 0.319 e. The van der Waals surface area contributed by atoms with Crippen molar-refractivity contribution < 1.29 is 17.6 Å². The first-order valence-electron chi connectivity index (χ1n) is 12.4. The van der Waals surface area contributed by atoms with Crippen LogP contribution in [0, 0.1) is 11.7 Å². The molecule has 3 heterocycles. The van der Waals surface area contributed by atoms with Crippen LogP contribution in [0.1, 0.15) is 38.7 Å². The SMILES string of the molecule is CC[C@@H](C)[C@H]1NC2(CCN(S(=O)(=O)c3cccc4cccnc34)CC2)N(Cc2ccc(F)cc2)C1=O. The van der Waals surface area contributed by atoms with Crippen LogP contribution in [0.4, 0.5) is 4.39 Å². The lowest BCUT2D eigenvalue weighted by Gasteiger charge is -2.44. The van der Waals surface area contributed by atoms with E-state index in [-0.39, 0.29) is 41.7 Å². The maximum atomic E-state index is 13.6. The molecular formula is C27H31FN4O3S. The van der Waals surface area contributed by atoms with Gasteiger partial charge >= 0.3 is 0 Å². The molecule has 2 atom stereocenters. The third-order valence-electron chi connectivity index (χ3n) is 7.70. The number of nitrogens with one attached hydrogen (secondary N) is 1. The van der Waals surface area contributed by atoms with Gasteiger partial charge in [0, 0.05) is 31.2 Å². The van der Waals surface area contributed by atoms with Crippen LogP contribution in [0.25, 0.3) is 10.9 Å². The van der Waals surface area contributed by atoms with E-state index in [1.54, 1.807) is 36.5 Å². The molecule has 1 N–H and O–H groups in total. The minimum absolute atomic E-state index is 0.0169. The average Bonchev–Trinajstić information content (AvgIpc) is 3.15. The lowest BCUT2D eigenvalue weighted by atomic mass is 9.96.